The summed E-state index contributed by atoms with van der Waals surface area (Å²) in [6.45, 7) is 4.12. The molecule has 1 rings (SSSR count). The molecule has 0 spiro atoms. The molecule has 1 atom stereocenters. The number of aromatic nitrogens is 1. The molecule has 0 bridgehead atoms. The molecule has 66 valence electrons. The number of anilines is 1. The summed E-state index contributed by atoms with van der Waals surface area (Å²) in [5.74, 6) is -0.302. The van der Waals surface area contributed by atoms with Crippen molar-refractivity contribution in [2.75, 3.05) is 5.32 Å². The summed E-state index contributed by atoms with van der Waals surface area (Å²) in [6, 6.07) is 1.80. The van der Waals surface area contributed by atoms with E-state index in [-0.39, 0.29) is 5.82 Å². The second-order valence-corrected chi connectivity index (χ2v) is 2.85. The summed E-state index contributed by atoms with van der Waals surface area (Å²) in [6.07, 6.45) is 3.83. The summed E-state index contributed by atoms with van der Waals surface area (Å²) in [7, 11) is 0. The molecule has 2 nitrogen and oxygen atoms in total. The average molecular weight is 168 g/mol. The number of halogens is 1. The standard InChI is InChI=1S/C9H13FN2/c1-3-7(2)12-9-4-8(10)5-11-6-9/h4-7,12H,3H2,1-2H3. The second-order valence-electron chi connectivity index (χ2n) is 2.85. The van der Waals surface area contributed by atoms with E-state index in [0.717, 1.165) is 12.1 Å². The zero-order chi connectivity index (χ0) is 8.97. The SMILES string of the molecule is CCC(C)Nc1cncc(F)c1. The Morgan fingerprint density at radius 1 is 1.58 bits per heavy atom. The lowest BCUT2D eigenvalue weighted by Crippen LogP contribution is -2.13. The van der Waals surface area contributed by atoms with Gasteiger partial charge >= 0.3 is 0 Å². The number of hydrogen-bond donors (Lipinski definition) is 1. The van der Waals surface area contributed by atoms with Crippen LogP contribution >= 0.6 is 0 Å². The van der Waals surface area contributed by atoms with Gasteiger partial charge in [0.2, 0.25) is 0 Å². The Hall–Kier alpha value is -1.12. The maximum absolute atomic E-state index is 12.6. The van der Waals surface area contributed by atoms with Gasteiger partial charge < -0.3 is 5.32 Å². The van der Waals surface area contributed by atoms with Crippen LogP contribution in [0.2, 0.25) is 0 Å². The van der Waals surface area contributed by atoms with Crippen molar-refractivity contribution in [1.82, 2.24) is 4.98 Å². The molecular formula is C9H13FN2. The van der Waals surface area contributed by atoms with Gasteiger partial charge in [0.1, 0.15) is 5.82 Å². The first-order chi connectivity index (χ1) is 5.72. The van der Waals surface area contributed by atoms with E-state index < -0.39 is 0 Å². The van der Waals surface area contributed by atoms with E-state index in [9.17, 15) is 4.39 Å². The molecular weight excluding hydrogens is 155 g/mol. The van der Waals surface area contributed by atoms with Gasteiger partial charge in [0.05, 0.1) is 18.1 Å². The highest BCUT2D eigenvalue weighted by Crippen LogP contribution is 2.09. The van der Waals surface area contributed by atoms with Crippen LogP contribution in [0.4, 0.5) is 10.1 Å². The highest BCUT2D eigenvalue weighted by Gasteiger charge is 1.99. The van der Waals surface area contributed by atoms with Crippen molar-refractivity contribution in [3.63, 3.8) is 0 Å². The number of pyridine rings is 1. The van der Waals surface area contributed by atoms with Gasteiger partial charge in [-0.25, -0.2) is 4.39 Å². The topological polar surface area (TPSA) is 24.9 Å². The Labute approximate surface area is 71.8 Å². The normalized spacial score (nSPS) is 12.6. The molecule has 0 aliphatic rings. The molecule has 0 aromatic carbocycles. The minimum Gasteiger partial charge on any atom is -0.381 e. The predicted molar refractivity (Wildman–Crippen MR) is 47.6 cm³/mol. The van der Waals surface area contributed by atoms with Gasteiger partial charge in [-0.3, -0.25) is 4.98 Å². The molecule has 0 radical (unpaired) electrons. The zero-order valence-corrected chi connectivity index (χ0v) is 7.34. The molecule has 1 heterocycles. The van der Waals surface area contributed by atoms with Crippen molar-refractivity contribution in [2.24, 2.45) is 0 Å². The van der Waals surface area contributed by atoms with E-state index in [1.54, 1.807) is 6.20 Å². The van der Waals surface area contributed by atoms with E-state index in [1.807, 2.05) is 6.92 Å². The smallest absolute Gasteiger partial charge is 0.143 e. The Bertz CT molecular complexity index is 250. The lowest BCUT2D eigenvalue weighted by Gasteiger charge is -2.11. The van der Waals surface area contributed by atoms with Gasteiger partial charge in [0.25, 0.3) is 0 Å². The van der Waals surface area contributed by atoms with E-state index in [0.29, 0.717) is 6.04 Å². The molecule has 12 heavy (non-hydrogen) atoms. The van der Waals surface area contributed by atoms with Gasteiger partial charge in [-0.2, -0.15) is 0 Å². The fraction of sp³-hybridized carbons (Fsp3) is 0.444. The fourth-order valence-corrected chi connectivity index (χ4v) is 0.877. The van der Waals surface area contributed by atoms with Gasteiger partial charge in [0, 0.05) is 12.1 Å². The fourth-order valence-electron chi connectivity index (χ4n) is 0.877. The average Bonchev–Trinajstić information content (AvgIpc) is 2.04. The van der Waals surface area contributed by atoms with Gasteiger partial charge in [0.15, 0.2) is 0 Å². The van der Waals surface area contributed by atoms with Gasteiger partial charge in [-0.05, 0) is 13.3 Å². The van der Waals surface area contributed by atoms with Crippen LogP contribution in [0.3, 0.4) is 0 Å². The third kappa shape index (κ3) is 2.49. The predicted octanol–water partition coefficient (Wildman–Crippen LogP) is 2.43. The Kier molecular flexibility index (Phi) is 3.02. The first-order valence-electron chi connectivity index (χ1n) is 4.09. The molecule has 1 aromatic rings. The molecule has 3 heteroatoms. The van der Waals surface area contributed by atoms with Crippen molar-refractivity contribution in [3.8, 4) is 0 Å². The molecule has 0 saturated heterocycles. The second kappa shape index (κ2) is 4.04. The molecule has 1 N–H and O–H groups in total. The van der Waals surface area contributed by atoms with E-state index >= 15 is 0 Å². The largest absolute Gasteiger partial charge is 0.381 e. The summed E-state index contributed by atoms with van der Waals surface area (Å²) < 4.78 is 12.6. The lowest BCUT2D eigenvalue weighted by molar-refractivity contribution is 0.621. The van der Waals surface area contributed by atoms with Crippen molar-refractivity contribution >= 4 is 5.69 Å². The van der Waals surface area contributed by atoms with Crippen LogP contribution in [-0.2, 0) is 0 Å². The Morgan fingerprint density at radius 2 is 2.33 bits per heavy atom. The minimum absolute atomic E-state index is 0.302. The molecule has 1 unspecified atom stereocenters. The summed E-state index contributed by atoms with van der Waals surface area (Å²) in [4.78, 5) is 3.73. The van der Waals surface area contributed by atoms with E-state index in [4.69, 9.17) is 0 Å². The Morgan fingerprint density at radius 3 is 2.92 bits per heavy atom. The van der Waals surface area contributed by atoms with Crippen molar-refractivity contribution in [1.29, 1.82) is 0 Å². The van der Waals surface area contributed by atoms with Crippen LogP contribution in [0.15, 0.2) is 18.5 Å². The summed E-state index contributed by atoms with van der Waals surface area (Å²) in [5, 5.41) is 3.13. The Balaban J connectivity index is 2.63. The first kappa shape index (κ1) is 8.97. The highest BCUT2D eigenvalue weighted by atomic mass is 19.1. The first-order valence-corrected chi connectivity index (χ1v) is 4.09. The molecule has 1 aromatic heterocycles. The van der Waals surface area contributed by atoms with Crippen LogP contribution in [0.1, 0.15) is 20.3 Å². The quantitative estimate of drug-likeness (QED) is 0.749. The van der Waals surface area contributed by atoms with Crippen molar-refractivity contribution < 1.29 is 4.39 Å². The van der Waals surface area contributed by atoms with Crippen LogP contribution in [0, 0.1) is 5.82 Å². The maximum Gasteiger partial charge on any atom is 0.143 e. The van der Waals surface area contributed by atoms with Gasteiger partial charge in [-0.1, -0.05) is 6.92 Å². The van der Waals surface area contributed by atoms with Crippen molar-refractivity contribution in [2.45, 2.75) is 26.3 Å². The third-order valence-electron chi connectivity index (χ3n) is 1.73. The van der Waals surface area contributed by atoms with Crippen LogP contribution < -0.4 is 5.32 Å². The van der Waals surface area contributed by atoms with Gasteiger partial charge in [-0.15, -0.1) is 0 Å². The monoisotopic (exact) mass is 168 g/mol. The third-order valence-corrected chi connectivity index (χ3v) is 1.73. The van der Waals surface area contributed by atoms with Crippen LogP contribution in [0.25, 0.3) is 0 Å². The van der Waals surface area contributed by atoms with E-state index in [1.165, 1.54) is 12.3 Å². The highest BCUT2D eigenvalue weighted by molar-refractivity contribution is 5.40. The molecule has 0 saturated carbocycles. The number of nitrogens with zero attached hydrogens (tertiary/aromatic N) is 1. The van der Waals surface area contributed by atoms with Crippen LogP contribution in [0.5, 0.6) is 0 Å². The zero-order valence-electron chi connectivity index (χ0n) is 7.34. The summed E-state index contributed by atoms with van der Waals surface area (Å²) in [5.41, 5.74) is 0.740. The molecule has 0 aliphatic heterocycles. The summed E-state index contributed by atoms with van der Waals surface area (Å²) >= 11 is 0. The lowest BCUT2D eigenvalue weighted by atomic mass is 10.2. The number of hydrogen-bond acceptors (Lipinski definition) is 2. The minimum atomic E-state index is -0.302. The molecule has 0 fully saturated rings. The number of rotatable bonds is 3. The molecule has 0 amide bonds. The number of nitrogens with one attached hydrogen (secondary N) is 1. The maximum atomic E-state index is 12.6. The van der Waals surface area contributed by atoms with Crippen molar-refractivity contribution in [3.05, 3.63) is 24.3 Å². The van der Waals surface area contributed by atoms with Crippen LogP contribution in [-0.4, -0.2) is 11.0 Å². The molecule has 0 aliphatic carbocycles. The van der Waals surface area contributed by atoms with E-state index in [2.05, 4.69) is 17.2 Å².